The predicted octanol–water partition coefficient (Wildman–Crippen LogP) is 3.11. The van der Waals surface area contributed by atoms with Gasteiger partial charge in [0.15, 0.2) is 11.5 Å². The molecule has 0 bridgehead atoms. The number of fused-ring (bicyclic) bond motifs is 1. The molecule has 3 N–H and O–H groups in total. The zero-order valence-corrected chi connectivity index (χ0v) is 16.5. The van der Waals surface area contributed by atoms with Gasteiger partial charge in [0.05, 0.1) is 18.8 Å². The molecule has 0 aromatic heterocycles. The predicted molar refractivity (Wildman–Crippen MR) is 111 cm³/mol. The lowest BCUT2D eigenvalue weighted by Crippen LogP contribution is -2.23. The van der Waals surface area contributed by atoms with Crippen molar-refractivity contribution in [3.8, 4) is 11.5 Å². The summed E-state index contributed by atoms with van der Waals surface area (Å²) in [5.41, 5.74) is 8.65. The lowest BCUT2D eigenvalue weighted by molar-refractivity contribution is 0.0996. The monoisotopic (exact) mass is 395 g/mol. The lowest BCUT2D eigenvalue weighted by Gasteiger charge is -2.21. The van der Waals surface area contributed by atoms with Crippen LogP contribution in [-0.4, -0.2) is 38.1 Å². The van der Waals surface area contributed by atoms with E-state index >= 15 is 0 Å². The van der Waals surface area contributed by atoms with E-state index in [1.165, 1.54) is 0 Å². The molecule has 0 unspecified atom stereocenters. The molecule has 2 heterocycles. The molecule has 1 saturated heterocycles. The molecule has 0 spiro atoms. The molecular weight excluding hydrogens is 370 g/mol. The normalized spacial score (nSPS) is 15.7. The van der Waals surface area contributed by atoms with Gasteiger partial charge in [-0.2, -0.15) is 0 Å². The number of ether oxygens (including phenoxy) is 2. The molecule has 2 aliphatic rings. The van der Waals surface area contributed by atoms with Crippen molar-refractivity contribution in [3.05, 3.63) is 47.0 Å². The standard InChI is InChI=1S/C22H25N3O4/c1-14-11-19-20(29-10-4-9-28-19)13-16(14)22(27)24-15-5-6-18(17(12-15)21(23)26)25-7-2-3-8-25/h5-6,11-13H,2-4,7-10H2,1H3,(H2,23,26)(H,24,27). The van der Waals surface area contributed by atoms with E-state index in [-0.39, 0.29) is 5.91 Å². The fraction of sp³-hybridized carbons (Fsp3) is 0.364. The second kappa shape index (κ2) is 8.03. The van der Waals surface area contributed by atoms with Gasteiger partial charge in [-0.15, -0.1) is 0 Å². The van der Waals surface area contributed by atoms with E-state index in [9.17, 15) is 9.59 Å². The van der Waals surface area contributed by atoms with Crippen LogP contribution in [0, 0.1) is 6.92 Å². The van der Waals surface area contributed by atoms with E-state index < -0.39 is 5.91 Å². The molecule has 29 heavy (non-hydrogen) atoms. The van der Waals surface area contributed by atoms with Crippen LogP contribution in [0.2, 0.25) is 0 Å². The van der Waals surface area contributed by atoms with Gasteiger partial charge in [-0.05, 0) is 55.7 Å². The molecule has 0 radical (unpaired) electrons. The number of nitrogens with two attached hydrogens (primary N) is 1. The van der Waals surface area contributed by atoms with Gasteiger partial charge >= 0.3 is 0 Å². The van der Waals surface area contributed by atoms with E-state index in [0.717, 1.165) is 43.6 Å². The smallest absolute Gasteiger partial charge is 0.256 e. The van der Waals surface area contributed by atoms with Crippen LogP contribution >= 0.6 is 0 Å². The number of rotatable bonds is 4. The zero-order valence-electron chi connectivity index (χ0n) is 16.5. The minimum absolute atomic E-state index is 0.275. The topological polar surface area (TPSA) is 93.9 Å². The van der Waals surface area contributed by atoms with Crippen molar-refractivity contribution in [1.29, 1.82) is 0 Å². The minimum Gasteiger partial charge on any atom is -0.490 e. The van der Waals surface area contributed by atoms with E-state index in [2.05, 4.69) is 10.2 Å². The molecule has 2 amide bonds. The molecule has 152 valence electrons. The van der Waals surface area contributed by atoms with Crippen LogP contribution in [-0.2, 0) is 0 Å². The van der Waals surface area contributed by atoms with Crippen LogP contribution in [0.5, 0.6) is 11.5 Å². The second-order valence-electron chi connectivity index (χ2n) is 7.41. The third kappa shape index (κ3) is 3.99. The maximum atomic E-state index is 12.9. The number of nitrogens with zero attached hydrogens (tertiary/aromatic N) is 1. The van der Waals surface area contributed by atoms with Crippen molar-refractivity contribution >= 4 is 23.2 Å². The third-order valence-electron chi connectivity index (χ3n) is 5.31. The summed E-state index contributed by atoms with van der Waals surface area (Å²) in [6.07, 6.45) is 2.99. The molecule has 7 heteroatoms. The van der Waals surface area contributed by atoms with Gasteiger partial charge in [0, 0.05) is 36.4 Å². The number of carbonyl (C=O) groups is 2. The highest BCUT2D eigenvalue weighted by Gasteiger charge is 2.21. The number of anilines is 2. The van der Waals surface area contributed by atoms with Gasteiger partial charge in [0.1, 0.15) is 0 Å². The summed E-state index contributed by atoms with van der Waals surface area (Å²) in [5, 5.41) is 2.87. The number of benzene rings is 2. The van der Waals surface area contributed by atoms with Crippen LogP contribution in [0.4, 0.5) is 11.4 Å². The van der Waals surface area contributed by atoms with Gasteiger partial charge in [0.25, 0.3) is 11.8 Å². The average molecular weight is 395 g/mol. The molecule has 0 atom stereocenters. The molecule has 1 fully saturated rings. The Morgan fingerprint density at radius 2 is 1.66 bits per heavy atom. The molecular formula is C22H25N3O4. The van der Waals surface area contributed by atoms with Crippen LogP contribution in [0.15, 0.2) is 30.3 Å². The van der Waals surface area contributed by atoms with E-state index in [4.69, 9.17) is 15.2 Å². The highest BCUT2D eigenvalue weighted by atomic mass is 16.5. The van der Waals surface area contributed by atoms with E-state index in [0.29, 0.717) is 41.5 Å². The highest BCUT2D eigenvalue weighted by Crippen LogP contribution is 2.33. The van der Waals surface area contributed by atoms with E-state index in [1.54, 1.807) is 18.2 Å². The summed E-state index contributed by atoms with van der Waals surface area (Å²) >= 11 is 0. The Morgan fingerprint density at radius 3 is 2.34 bits per heavy atom. The van der Waals surface area contributed by atoms with Gasteiger partial charge in [-0.3, -0.25) is 9.59 Å². The van der Waals surface area contributed by atoms with Crippen molar-refractivity contribution in [2.75, 3.05) is 36.5 Å². The Labute approximate surface area is 169 Å². The average Bonchev–Trinajstić information content (AvgIpc) is 3.14. The van der Waals surface area contributed by atoms with Crippen LogP contribution in [0.25, 0.3) is 0 Å². The van der Waals surface area contributed by atoms with Crippen molar-refractivity contribution in [2.24, 2.45) is 5.73 Å². The Balaban J connectivity index is 1.59. The molecule has 2 aliphatic heterocycles. The highest BCUT2D eigenvalue weighted by molar-refractivity contribution is 6.07. The summed E-state index contributed by atoms with van der Waals surface area (Å²) in [4.78, 5) is 27.0. The number of carbonyl (C=O) groups excluding carboxylic acids is 2. The summed E-state index contributed by atoms with van der Waals surface area (Å²) in [7, 11) is 0. The van der Waals surface area contributed by atoms with Crippen LogP contribution in [0.3, 0.4) is 0 Å². The second-order valence-corrected chi connectivity index (χ2v) is 7.41. The molecule has 0 saturated carbocycles. The number of nitrogens with one attached hydrogen (secondary N) is 1. The van der Waals surface area contributed by atoms with Crippen LogP contribution in [0.1, 0.15) is 45.5 Å². The first-order valence-electron chi connectivity index (χ1n) is 9.93. The first-order chi connectivity index (χ1) is 14.0. The Morgan fingerprint density at radius 1 is 0.966 bits per heavy atom. The summed E-state index contributed by atoms with van der Waals surface area (Å²) in [6, 6.07) is 8.82. The summed E-state index contributed by atoms with van der Waals surface area (Å²) < 4.78 is 11.4. The maximum Gasteiger partial charge on any atom is 0.256 e. The van der Waals surface area contributed by atoms with E-state index in [1.807, 2.05) is 19.1 Å². The van der Waals surface area contributed by atoms with Gasteiger partial charge < -0.3 is 25.4 Å². The van der Waals surface area contributed by atoms with Crippen molar-refractivity contribution in [2.45, 2.75) is 26.2 Å². The van der Waals surface area contributed by atoms with Crippen molar-refractivity contribution in [3.63, 3.8) is 0 Å². The minimum atomic E-state index is -0.505. The fourth-order valence-electron chi connectivity index (χ4n) is 3.80. The Hall–Kier alpha value is -3.22. The molecule has 7 nitrogen and oxygen atoms in total. The SMILES string of the molecule is Cc1cc2c(cc1C(=O)Nc1ccc(N3CCCC3)c(C(N)=O)c1)OCCCO2. The maximum absolute atomic E-state index is 12.9. The third-order valence-corrected chi connectivity index (χ3v) is 5.31. The lowest BCUT2D eigenvalue weighted by atomic mass is 10.1. The van der Waals surface area contributed by atoms with Crippen molar-refractivity contribution < 1.29 is 19.1 Å². The summed E-state index contributed by atoms with van der Waals surface area (Å²) in [5.74, 6) is 0.445. The Kier molecular flexibility index (Phi) is 5.29. The van der Waals surface area contributed by atoms with Crippen molar-refractivity contribution in [1.82, 2.24) is 0 Å². The van der Waals surface area contributed by atoms with Crippen LogP contribution < -0.4 is 25.4 Å². The van der Waals surface area contributed by atoms with Gasteiger partial charge in [-0.1, -0.05) is 0 Å². The number of aryl methyl sites for hydroxylation is 1. The van der Waals surface area contributed by atoms with Gasteiger partial charge in [0.2, 0.25) is 0 Å². The zero-order chi connectivity index (χ0) is 20.4. The number of amides is 2. The van der Waals surface area contributed by atoms with Gasteiger partial charge in [-0.25, -0.2) is 0 Å². The molecule has 0 aliphatic carbocycles. The largest absolute Gasteiger partial charge is 0.490 e. The molecule has 2 aromatic rings. The number of hydrogen-bond donors (Lipinski definition) is 2. The first kappa shape index (κ1) is 19.1. The molecule has 2 aromatic carbocycles. The fourth-order valence-corrected chi connectivity index (χ4v) is 3.80. The quantitative estimate of drug-likeness (QED) is 0.830. The summed E-state index contributed by atoms with van der Waals surface area (Å²) in [6.45, 7) is 4.81. The molecule has 4 rings (SSSR count). The number of hydrogen-bond acceptors (Lipinski definition) is 5. The number of primary amides is 1. The Bertz CT molecular complexity index is 951. The first-order valence-corrected chi connectivity index (χ1v) is 9.93.